The zero-order valence-electron chi connectivity index (χ0n) is 8.08. The summed E-state index contributed by atoms with van der Waals surface area (Å²) in [6.45, 7) is 1.49. The highest BCUT2D eigenvalue weighted by atomic mass is 19.4. The van der Waals surface area contributed by atoms with E-state index in [1.165, 1.54) is 25.4 Å². The standard InChI is InChI=1S/C9H11F3N2O/c1-2-15-8(9(10,11)12)14-7-4-3-5-13-6-7/h3-6,8,14H,2H2,1H3. The quantitative estimate of drug-likeness (QED) is 0.791. The van der Waals surface area contributed by atoms with E-state index in [4.69, 9.17) is 0 Å². The molecule has 0 aliphatic rings. The van der Waals surface area contributed by atoms with Crippen molar-refractivity contribution in [3.05, 3.63) is 24.5 Å². The summed E-state index contributed by atoms with van der Waals surface area (Å²) in [4.78, 5) is 3.69. The van der Waals surface area contributed by atoms with Gasteiger partial charge in [-0.3, -0.25) is 4.98 Å². The highest BCUT2D eigenvalue weighted by molar-refractivity contribution is 5.40. The van der Waals surface area contributed by atoms with Crippen molar-refractivity contribution in [2.45, 2.75) is 19.3 Å². The third kappa shape index (κ3) is 3.75. The summed E-state index contributed by atoms with van der Waals surface area (Å²) in [5, 5.41) is 2.21. The van der Waals surface area contributed by atoms with E-state index in [1.807, 2.05) is 0 Å². The monoisotopic (exact) mass is 220 g/mol. The molecule has 1 unspecified atom stereocenters. The van der Waals surface area contributed by atoms with Crippen molar-refractivity contribution in [2.75, 3.05) is 11.9 Å². The molecule has 6 heteroatoms. The lowest BCUT2D eigenvalue weighted by atomic mass is 10.4. The molecule has 1 heterocycles. The number of pyridine rings is 1. The van der Waals surface area contributed by atoms with Gasteiger partial charge in [0.1, 0.15) is 0 Å². The van der Waals surface area contributed by atoms with Crippen molar-refractivity contribution in [2.24, 2.45) is 0 Å². The number of alkyl halides is 3. The molecule has 0 aliphatic heterocycles. The van der Waals surface area contributed by atoms with Gasteiger partial charge in [0.05, 0.1) is 11.9 Å². The van der Waals surface area contributed by atoms with Crippen molar-refractivity contribution in [3.8, 4) is 0 Å². The molecule has 84 valence electrons. The molecule has 1 atom stereocenters. The summed E-state index contributed by atoms with van der Waals surface area (Å²) < 4.78 is 41.7. The van der Waals surface area contributed by atoms with Crippen molar-refractivity contribution in [1.29, 1.82) is 0 Å². The predicted octanol–water partition coefficient (Wildman–Crippen LogP) is 2.42. The molecule has 0 saturated carbocycles. The summed E-state index contributed by atoms with van der Waals surface area (Å²) in [5.74, 6) is 0. The Kier molecular flexibility index (Phi) is 3.90. The van der Waals surface area contributed by atoms with Gasteiger partial charge in [0, 0.05) is 12.8 Å². The highest BCUT2D eigenvalue weighted by Gasteiger charge is 2.40. The predicted molar refractivity (Wildman–Crippen MR) is 49.3 cm³/mol. The van der Waals surface area contributed by atoms with E-state index in [0.717, 1.165) is 0 Å². The lowest BCUT2D eigenvalue weighted by molar-refractivity contribution is -0.209. The van der Waals surface area contributed by atoms with Gasteiger partial charge in [-0.2, -0.15) is 13.2 Å². The van der Waals surface area contributed by atoms with Crippen molar-refractivity contribution < 1.29 is 17.9 Å². The number of rotatable bonds is 4. The van der Waals surface area contributed by atoms with Gasteiger partial charge in [-0.1, -0.05) is 0 Å². The van der Waals surface area contributed by atoms with E-state index in [9.17, 15) is 13.2 Å². The lowest BCUT2D eigenvalue weighted by Gasteiger charge is -2.21. The van der Waals surface area contributed by atoms with Crippen molar-refractivity contribution >= 4 is 5.69 Å². The maximum Gasteiger partial charge on any atom is 0.433 e. The molecule has 0 saturated heterocycles. The van der Waals surface area contributed by atoms with Crippen molar-refractivity contribution in [1.82, 2.24) is 4.98 Å². The minimum Gasteiger partial charge on any atom is -0.351 e. The minimum atomic E-state index is -4.44. The van der Waals surface area contributed by atoms with Gasteiger partial charge in [0.15, 0.2) is 0 Å². The largest absolute Gasteiger partial charge is 0.433 e. The Balaban J connectivity index is 2.67. The van der Waals surface area contributed by atoms with Crippen LogP contribution in [-0.2, 0) is 4.74 Å². The molecule has 0 amide bonds. The number of aromatic nitrogens is 1. The average molecular weight is 220 g/mol. The fourth-order valence-electron chi connectivity index (χ4n) is 0.984. The second-order valence-corrected chi connectivity index (χ2v) is 2.76. The van der Waals surface area contributed by atoms with E-state index in [2.05, 4.69) is 15.0 Å². The first kappa shape index (κ1) is 11.8. The van der Waals surface area contributed by atoms with Crippen LogP contribution in [0.3, 0.4) is 0 Å². The molecule has 0 radical (unpaired) electrons. The molecule has 3 nitrogen and oxygen atoms in total. The molecule has 0 bridgehead atoms. The molecular formula is C9H11F3N2O. The second kappa shape index (κ2) is 4.97. The zero-order chi connectivity index (χ0) is 11.3. The fourth-order valence-corrected chi connectivity index (χ4v) is 0.984. The van der Waals surface area contributed by atoms with Crippen LogP contribution in [0.4, 0.5) is 18.9 Å². The van der Waals surface area contributed by atoms with E-state index in [-0.39, 0.29) is 12.3 Å². The molecule has 1 aromatic heterocycles. The first-order valence-corrected chi connectivity index (χ1v) is 4.39. The summed E-state index contributed by atoms with van der Waals surface area (Å²) in [6, 6.07) is 3.03. The number of nitrogens with one attached hydrogen (secondary N) is 1. The van der Waals surface area contributed by atoms with Crippen LogP contribution in [0.25, 0.3) is 0 Å². The number of hydrogen-bond acceptors (Lipinski definition) is 3. The third-order valence-electron chi connectivity index (χ3n) is 1.59. The smallest absolute Gasteiger partial charge is 0.351 e. The molecule has 0 aliphatic carbocycles. The number of anilines is 1. The van der Waals surface area contributed by atoms with Crippen LogP contribution in [0, 0.1) is 0 Å². The van der Waals surface area contributed by atoms with Gasteiger partial charge < -0.3 is 10.1 Å². The summed E-state index contributed by atoms with van der Waals surface area (Å²) in [6.07, 6.45) is -3.65. The van der Waals surface area contributed by atoms with Gasteiger partial charge in [0.25, 0.3) is 0 Å². The van der Waals surface area contributed by atoms with Gasteiger partial charge in [-0.25, -0.2) is 0 Å². The van der Waals surface area contributed by atoms with Crippen LogP contribution >= 0.6 is 0 Å². The van der Waals surface area contributed by atoms with E-state index in [1.54, 1.807) is 6.07 Å². The van der Waals surface area contributed by atoms with Crippen LogP contribution in [0.5, 0.6) is 0 Å². The Labute approximate surface area is 85.3 Å². The Morgan fingerprint density at radius 2 is 2.27 bits per heavy atom. The SMILES string of the molecule is CCOC(Nc1cccnc1)C(F)(F)F. The fraction of sp³-hybridized carbons (Fsp3) is 0.444. The third-order valence-corrected chi connectivity index (χ3v) is 1.59. The molecule has 1 aromatic rings. The van der Waals surface area contributed by atoms with Crippen LogP contribution in [0.2, 0.25) is 0 Å². The minimum absolute atomic E-state index is 0.0164. The summed E-state index contributed by atoms with van der Waals surface area (Å²) in [5.41, 5.74) is 0.272. The highest BCUT2D eigenvalue weighted by Crippen LogP contribution is 2.24. The number of ether oxygens (including phenoxy) is 1. The Morgan fingerprint density at radius 3 is 2.73 bits per heavy atom. The van der Waals surface area contributed by atoms with Crippen LogP contribution in [0.1, 0.15) is 6.92 Å². The second-order valence-electron chi connectivity index (χ2n) is 2.76. The van der Waals surface area contributed by atoms with Gasteiger partial charge >= 0.3 is 6.18 Å². The topological polar surface area (TPSA) is 34.1 Å². The number of nitrogens with zero attached hydrogens (tertiary/aromatic N) is 1. The lowest BCUT2D eigenvalue weighted by Crippen LogP contribution is -2.38. The Hall–Kier alpha value is -1.30. The summed E-state index contributed by atoms with van der Waals surface area (Å²) >= 11 is 0. The normalized spacial score (nSPS) is 13.6. The molecule has 1 rings (SSSR count). The van der Waals surface area contributed by atoms with E-state index < -0.39 is 12.4 Å². The first-order valence-electron chi connectivity index (χ1n) is 4.39. The van der Waals surface area contributed by atoms with Gasteiger partial charge in [-0.15, -0.1) is 0 Å². The van der Waals surface area contributed by atoms with Crippen LogP contribution in [0.15, 0.2) is 24.5 Å². The maximum absolute atomic E-state index is 12.4. The van der Waals surface area contributed by atoms with E-state index >= 15 is 0 Å². The Bertz CT molecular complexity index is 289. The zero-order valence-corrected chi connectivity index (χ0v) is 8.08. The maximum atomic E-state index is 12.4. The molecule has 0 spiro atoms. The molecule has 1 N–H and O–H groups in total. The number of halogens is 3. The molecular weight excluding hydrogens is 209 g/mol. The molecule has 0 aromatic carbocycles. The molecule has 0 fully saturated rings. The van der Waals surface area contributed by atoms with Gasteiger partial charge in [-0.05, 0) is 19.1 Å². The van der Waals surface area contributed by atoms with Crippen LogP contribution < -0.4 is 5.32 Å². The van der Waals surface area contributed by atoms with Gasteiger partial charge in [0.2, 0.25) is 6.23 Å². The molecule has 15 heavy (non-hydrogen) atoms. The van der Waals surface area contributed by atoms with E-state index in [0.29, 0.717) is 0 Å². The average Bonchev–Trinajstić information content (AvgIpc) is 2.17. The Morgan fingerprint density at radius 1 is 1.53 bits per heavy atom. The first-order chi connectivity index (χ1) is 7.04. The number of hydrogen-bond donors (Lipinski definition) is 1. The van der Waals surface area contributed by atoms with Crippen LogP contribution in [-0.4, -0.2) is 24.0 Å². The summed E-state index contributed by atoms with van der Waals surface area (Å²) in [7, 11) is 0. The van der Waals surface area contributed by atoms with Crippen molar-refractivity contribution in [3.63, 3.8) is 0 Å².